The van der Waals surface area contributed by atoms with Crippen LogP contribution in [0.5, 0.6) is 0 Å². The van der Waals surface area contributed by atoms with Crippen molar-refractivity contribution in [2.45, 2.75) is 13.8 Å². The van der Waals surface area contributed by atoms with Crippen molar-refractivity contribution in [3.8, 4) is 0 Å². The molecule has 0 heterocycles. The van der Waals surface area contributed by atoms with Gasteiger partial charge in [0.1, 0.15) is 0 Å². The number of carbonyl (C=O) groups excluding carboxylic acids is 2. The molecule has 0 saturated heterocycles. The van der Waals surface area contributed by atoms with Gasteiger partial charge in [0.05, 0.1) is 25.2 Å². The summed E-state index contributed by atoms with van der Waals surface area (Å²) in [6, 6.07) is 0. The van der Waals surface area contributed by atoms with Crippen molar-refractivity contribution < 1.29 is 29.3 Å². The largest absolute Gasteiger partial charge is 2.00 e. The van der Waals surface area contributed by atoms with Gasteiger partial charge in [0, 0.05) is 13.2 Å². The number of ether oxygens (including phenoxy) is 2. The molecule has 0 bridgehead atoms. The Bertz CT molecular complexity index is 143. The van der Waals surface area contributed by atoms with Crippen LogP contribution >= 0.6 is 0 Å². The van der Waals surface area contributed by atoms with Crippen LogP contribution in [0.2, 0.25) is 0 Å². The number of carbonyl (C=O) groups is 2. The standard InChI is InChI=1S/2C4H8O3.Mg/c2*1-2-7-3-4(5)6;/h2*2-3H2,1H3,(H,5,6);/q;;+2/p-2. The molecule has 0 aliphatic heterocycles. The first-order valence-electron chi connectivity index (χ1n) is 4.09. The van der Waals surface area contributed by atoms with E-state index in [0.717, 1.165) is 0 Å². The van der Waals surface area contributed by atoms with Crippen LogP contribution in [0.3, 0.4) is 0 Å². The molecule has 0 amide bonds. The zero-order valence-electron chi connectivity index (χ0n) is 8.99. The summed E-state index contributed by atoms with van der Waals surface area (Å²) in [4.78, 5) is 19.0. The first kappa shape index (κ1) is 20.1. The summed E-state index contributed by atoms with van der Waals surface area (Å²) >= 11 is 0. The molecular weight excluding hydrogens is 216 g/mol. The van der Waals surface area contributed by atoms with Gasteiger partial charge < -0.3 is 29.3 Å². The Kier molecular flexibility index (Phi) is 21.5. The fraction of sp³-hybridized carbons (Fsp3) is 0.750. The molecule has 0 spiro atoms. The topological polar surface area (TPSA) is 98.7 Å². The van der Waals surface area contributed by atoms with Crippen LogP contribution in [0.15, 0.2) is 0 Å². The fourth-order valence-electron chi connectivity index (χ4n) is 0.371. The minimum atomic E-state index is -1.16. The van der Waals surface area contributed by atoms with Crippen molar-refractivity contribution in [3.63, 3.8) is 0 Å². The summed E-state index contributed by atoms with van der Waals surface area (Å²) in [5.74, 6) is -2.33. The third-order valence-corrected chi connectivity index (χ3v) is 0.848. The predicted molar refractivity (Wildman–Crippen MR) is 48.8 cm³/mol. The summed E-state index contributed by atoms with van der Waals surface area (Å²) in [5.41, 5.74) is 0. The molecule has 0 atom stereocenters. The van der Waals surface area contributed by atoms with Crippen molar-refractivity contribution >= 4 is 35.0 Å². The molecule has 0 unspecified atom stereocenters. The molecule has 84 valence electrons. The molecule has 7 heteroatoms. The summed E-state index contributed by atoms with van der Waals surface area (Å²) in [6.07, 6.45) is 0. The molecule has 0 fully saturated rings. The van der Waals surface area contributed by atoms with Crippen LogP contribution in [0.1, 0.15) is 13.8 Å². The van der Waals surface area contributed by atoms with Crippen molar-refractivity contribution in [2.75, 3.05) is 26.4 Å². The molecule has 0 aromatic carbocycles. The van der Waals surface area contributed by atoms with Gasteiger partial charge in [-0.15, -0.1) is 0 Å². The maximum absolute atomic E-state index is 9.52. The number of aliphatic carboxylic acids is 2. The van der Waals surface area contributed by atoms with Crippen LogP contribution in [0.25, 0.3) is 0 Å². The molecule has 0 aromatic rings. The quantitative estimate of drug-likeness (QED) is 0.456. The van der Waals surface area contributed by atoms with Gasteiger partial charge in [0.25, 0.3) is 0 Å². The van der Waals surface area contributed by atoms with E-state index in [1.165, 1.54) is 0 Å². The molecule has 0 rings (SSSR count). The Morgan fingerprint density at radius 1 is 0.933 bits per heavy atom. The van der Waals surface area contributed by atoms with Gasteiger partial charge in [-0.2, -0.15) is 0 Å². The minimum absolute atomic E-state index is 0. The molecule has 0 radical (unpaired) electrons. The summed E-state index contributed by atoms with van der Waals surface area (Å²) in [7, 11) is 0. The number of hydrogen-bond acceptors (Lipinski definition) is 6. The smallest absolute Gasteiger partial charge is 0.548 e. The maximum atomic E-state index is 9.52. The van der Waals surface area contributed by atoms with Crippen molar-refractivity contribution in [3.05, 3.63) is 0 Å². The summed E-state index contributed by atoms with van der Waals surface area (Å²) < 4.78 is 8.87. The average molecular weight is 230 g/mol. The van der Waals surface area contributed by atoms with Crippen molar-refractivity contribution in [1.29, 1.82) is 0 Å². The Hall–Kier alpha value is -0.374. The van der Waals surface area contributed by atoms with E-state index in [-0.39, 0.29) is 36.3 Å². The van der Waals surface area contributed by atoms with Crippen LogP contribution in [0, 0.1) is 0 Å². The molecule has 6 nitrogen and oxygen atoms in total. The van der Waals surface area contributed by atoms with Gasteiger partial charge in [-0.1, -0.05) is 0 Å². The van der Waals surface area contributed by atoms with E-state index in [1.54, 1.807) is 13.8 Å². The van der Waals surface area contributed by atoms with Gasteiger partial charge in [0.2, 0.25) is 0 Å². The van der Waals surface area contributed by atoms with E-state index in [2.05, 4.69) is 9.47 Å². The molecule has 15 heavy (non-hydrogen) atoms. The minimum Gasteiger partial charge on any atom is -0.548 e. The molecular formula is C8H14MgO6. The number of rotatable bonds is 6. The molecule has 0 aliphatic rings. The Labute approximate surface area is 105 Å². The van der Waals surface area contributed by atoms with Crippen LogP contribution in [-0.4, -0.2) is 61.4 Å². The zero-order valence-corrected chi connectivity index (χ0v) is 10.4. The molecule has 0 aliphatic carbocycles. The fourth-order valence-corrected chi connectivity index (χ4v) is 0.371. The van der Waals surface area contributed by atoms with E-state index < -0.39 is 11.9 Å². The van der Waals surface area contributed by atoms with Crippen LogP contribution in [0.4, 0.5) is 0 Å². The third-order valence-electron chi connectivity index (χ3n) is 0.848. The number of hydrogen-bond donors (Lipinski definition) is 0. The monoisotopic (exact) mass is 230 g/mol. The number of carboxylic acid groups (broad SMARTS) is 2. The second kappa shape index (κ2) is 16.1. The van der Waals surface area contributed by atoms with Gasteiger partial charge in [-0.25, -0.2) is 0 Å². The SMILES string of the molecule is CCOCC(=O)[O-].CCOCC(=O)[O-].[Mg+2]. The Morgan fingerprint density at radius 2 is 1.20 bits per heavy atom. The molecule has 0 aromatic heterocycles. The predicted octanol–water partition coefficient (Wildman–Crippen LogP) is -2.84. The van der Waals surface area contributed by atoms with E-state index in [9.17, 15) is 19.8 Å². The average Bonchev–Trinajstić information content (AvgIpc) is 2.12. The third kappa shape index (κ3) is 31.7. The molecule has 0 N–H and O–H groups in total. The van der Waals surface area contributed by atoms with Gasteiger partial charge in [-0.05, 0) is 13.8 Å². The van der Waals surface area contributed by atoms with Crippen molar-refractivity contribution in [2.24, 2.45) is 0 Å². The van der Waals surface area contributed by atoms with Gasteiger partial charge in [-0.3, -0.25) is 0 Å². The van der Waals surface area contributed by atoms with E-state index in [4.69, 9.17) is 0 Å². The Morgan fingerprint density at radius 3 is 1.27 bits per heavy atom. The second-order valence-corrected chi connectivity index (χ2v) is 2.02. The summed E-state index contributed by atoms with van der Waals surface area (Å²) in [6.45, 7) is 3.71. The normalized spacial score (nSPS) is 8.13. The van der Waals surface area contributed by atoms with Gasteiger partial charge >= 0.3 is 23.1 Å². The maximum Gasteiger partial charge on any atom is 2.00 e. The molecule has 0 saturated carbocycles. The first-order chi connectivity index (χ1) is 6.54. The van der Waals surface area contributed by atoms with E-state index in [1.807, 2.05) is 0 Å². The van der Waals surface area contributed by atoms with Crippen LogP contribution < -0.4 is 10.2 Å². The zero-order chi connectivity index (χ0) is 11.4. The second-order valence-electron chi connectivity index (χ2n) is 2.02. The van der Waals surface area contributed by atoms with Gasteiger partial charge in [0.15, 0.2) is 0 Å². The van der Waals surface area contributed by atoms with E-state index >= 15 is 0 Å². The van der Waals surface area contributed by atoms with Crippen molar-refractivity contribution in [1.82, 2.24) is 0 Å². The first-order valence-corrected chi connectivity index (χ1v) is 4.09. The van der Waals surface area contributed by atoms with E-state index in [0.29, 0.717) is 13.2 Å². The van der Waals surface area contributed by atoms with Crippen LogP contribution in [-0.2, 0) is 19.1 Å². The number of carboxylic acids is 2. The summed E-state index contributed by atoms with van der Waals surface area (Å²) in [5, 5.41) is 19.0. The Balaban J connectivity index is -0.000000180.